The molecule has 0 unspecified atom stereocenters. The Hall–Kier alpha value is -2.57. The number of aryl methyl sites for hydroxylation is 1. The molecule has 0 spiro atoms. The van der Waals surface area contributed by atoms with Gasteiger partial charge in [-0.1, -0.05) is 23.7 Å². The number of nitrogens with one attached hydrogen (secondary N) is 2. The van der Waals surface area contributed by atoms with Crippen LogP contribution >= 0.6 is 11.6 Å². The third-order valence-corrected chi connectivity index (χ3v) is 4.18. The van der Waals surface area contributed by atoms with Crippen LogP contribution in [0.25, 0.3) is 0 Å². The molecule has 0 bridgehead atoms. The molecule has 0 aliphatic carbocycles. The predicted octanol–water partition coefficient (Wildman–Crippen LogP) is 3.43. The highest BCUT2D eigenvalue weighted by atomic mass is 35.5. The van der Waals surface area contributed by atoms with Crippen LogP contribution in [0, 0.1) is 6.92 Å². The third kappa shape index (κ3) is 6.58. The van der Waals surface area contributed by atoms with Crippen molar-refractivity contribution in [3.8, 4) is 5.75 Å². The molecule has 0 radical (unpaired) electrons. The molecule has 0 saturated carbocycles. The Morgan fingerprint density at radius 1 is 1.15 bits per heavy atom. The second-order valence-electron chi connectivity index (χ2n) is 5.90. The Morgan fingerprint density at radius 3 is 2.67 bits per heavy atom. The summed E-state index contributed by atoms with van der Waals surface area (Å²) in [4.78, 5) is 24.5. The number of rotatable bonds is 9. The van der Waals surface area contributed by atoms with Gasteiger partial charge in [0.1, 0.15) is 5.75 Å². The summed E-state index contributed by atoms with van der Waals surface area (Å²) in [5.74, 6) is -0.0605. The number of para-hydroxylation sites is 1. The zero-order valence-electron chi connectivity index (χ0n) is 15.4. The number of methoxy groups -OCH3 is 1. The third-order valence-electron chi connectivity index (χ3n) is 3.76. The maximum Gasteiger partial charge on any atom is 0.262 e. The highest BCUT2D eigenvalue weighted by Gasteiger charge is 2.13. The van der Waals surface area contributed by atoms with Crippen LogP contribution in [-0.4, -0.2) is 38.7 Å². The second-order valence-corrected chi connectivity index (χ2v) is 6.30. The number of carbonyl (C=O) groups excluding carboxylic acids is 2. The minimum Gasteiger partial charge on any atom is -0.484 e. The van der Waals surface area contributed by atoms with Crippen molar-refractivity contribution in [2.24, 2.45) is 0 Å². The molecule has 2 rings (SSSR count). The second kappa shape index (κ2) is 10.5. The predicted molar refractivity (Wildman–Crippen MR) is 106 cm³/mol. The molecule has 0 heterocycles. The van der Waals surface area contributed by atoms with E-state index in [2.05, 4.69) is 10.6 Å². The summed E-state index contributed by atoms with van der Waals surface area (Å²) >= 11 is 5.97. The van der Waals surface area contributed by atoms with Gasteiger partial charge >= 0.3 is 0 Å². The fraction of sp³-hybridized carbons (Fsp3) is 0.300. The molecule has 7 heteroatoms. The minimum atomic E-state index is -0.359. The largest absolute Gasteiger partial charge is 0.484 e. The lowest BCUT2D eigenvalue weighted by Crippen LogP contribution is -2.27. The lowest BCUT2D eigenvalue weighted by molar-refractivity contribution is -0.118. The van der Waals surface area contributed by atoms with Gasteiger partial charge in [-0.05, 0) is 49.2 Å². The van der Waals surface area contributed by atoms with E-state index in [1.54, 1.807) is 49.6 Å². The van der Waals surface area contributed by atoms with Gasteiger partial charge < -0.3 is 20.1 Å². The fourth-order valence-corrected chi connectivity index (χ4v) is 2.46. The Bertz CT molecular complexity index is 795. The summed E-state index contributed by atoms with van der Waals surface area (Å²) < 4.78 is 10.4. The normalized spacial score (nSPS) is 10.3. The van der Waals surface area contributed by atoms with E-state index in [4.69, 9.17) is 21.1 Å². The molecule has 144 valence electrons. The van der Waals surface area contributed by atoms with Crippen LogP contribution in [0.3, 0.4) is 0 Å². The van der Waals surface area contributed by atoms with Crippen LogP contribution in [0.1, 0.15) is 22.3 Å². The number of anilines is 1. The van der Waals surface area contributed by atoms with Crippen molar-refractivity contribution in [2.45, 2.75) is 13.3 Å². The van der Waals surface area contributed by atoms with Crippen molar-refractivity contribution in [2.75, 3.05) is 32.2 Å². The molecule has 0 aliphatic heterocycles. The number of carbonyl (C=O) groups is 2. The van der Waals surface area contributed by atoms with Crippen LogP contribution in [0.15, 0.2) is 42.5 Å². The first-order valence-corrected chi connectivity index (χ1v) is 8.94. The molecule has 2 aromatic rings. The maximum atomic E-state index is 12.3. The van der Waals surface area contributed by atoms with E-state index in [0.29, 0.717) is 41.6 Å². The summed E-state index contributed by atoms with van der Waals surface area (Å²) in [7, 11) is 1.61. The number of halogens is 1. The summed E-state index contributed by atoms with van der Waals surface area (Å²) in [5.41, 5.74) is 1.69. The maximum absolute atomic E-state index is 12.3. The first-order chi connectivity index (χ1) is 13.0. The smallest absolute Gasteiger partial charge is 0.262 e. The van der Waals surface area contributed by atoms with Gasteiger partial charge in [0, 0.05) is 25.3 Å². The Labute approximate surface area is 163 Å². The van der Waals surface area contributed by atoms with Crippen molar-refractivity contribution < 1.29 is 19.1 Å². The highest BCUT2D eigenvalue weighted by Crippen LogP contribution is 2.21. The van der Waals surface area contributed by atoms with Gasteiger partial charge in [0.05, 0.1) is 11.3 Å². The Morgan fingerprint density at radius 2 is 1.93 bits per heavy atom. The van der Waals surface area contributed by atoms with Crippen LogP contribution in [0.2, 0.25) is 5.02 Å². The lowest BCUT2D eigenvalue weighted by atomic mass is 10.1. The molecular formula is C20H23ClN2O4. The van der Waals surface area contributed by atoms with Gasteiger partial charge in [-0.15, -0.1) is 0 Å². The van der Waals surface area contributed by atoms with Crippen molar-refractivity contribution in [1.82, 2.24) is 5.32 Å². The van der Waals surface area contributed by atoms with E-state index in [9.17, 15) is 9.59 Å². The molecule has 2 aromatic carbocycles. The number of ether oxygens (including phenoxy) is 2. The number of benzene rings is 2. The van der Waals surface area contributed by atoms with Crippen LogP contribution < -0.4 is 15.4 Å². The molecule has 0 aliphatic rings. The molecule has 0 fully saturated rings. The molecule has 0 atom stereocenters. The summed E-state index contributed by atoms with van der Waals surface area (Å²) in [6.07, 6.45) is 0.713. The molecule has 2 amide bonds. The van der Waals surface area contributed by atoms with E-state index < -0.39 is 0 Å². The highest BCUT2D eigenvalue weighted by molar-refractivity contribution is 6.31. The first-order valence-electron chi connectivity index (χ1n) is 8.56. The van der Waals surface area contributed by atoms with E-state index in [0.717, 1.165) is 5.56 Å². The molecule has 0 aromatic heterocycles. The van der Waals surface area contributed by atoms with Crippen molar-refractivity contribution in [3.63, 3.8) is 0 Å². The van der Waals surface area contributed by atoms with Gasteiger partial charge in [0.25, 0.3) is 11.8 Å². The SMILES string of the molecule is COCCCNC(=O)c1ccccc1NC(=O)COc1ccc(Cl)c(C)c1. The first kappa shape index (κ1) is 20.7. The van der Waals surface area contributed by atoms with Crippen molar-refractivity contribution in [3.05, 3.63) is 58.6 Å². The lowest BCUT2D eigenvalue weighted by Gasteiger charge is -2.12. The van der Waals surface area contributed by atoms with Crippen LogP contribution in [0.5, 0.6) is 5.75 Å². The quantitative estimate of drug-likeness (QED) is 0.643. The molecule has 27 heavy (non-hydrogen) atoms. The molecule has 2 N–H and O–H groups in total. The fourth-order valence-electron chi connectivity index (χ4n) is 2.35. The number of hydrogen-bond donors (Lipinski definition) is 2. The standard InChI is InChI=1S/C20H23ClN2O4/c1-14-12-15(8-9-17(14)21)27-13-19(24)23-18-7-4-3-6-16(18)20(25)22-10-5-11-26-2/h3-4,6-9,12H,5,10-11,13H2,1-2H3,(H,22,25)(H,23,24). The van der Waals surface area contributed by atoms with E-state index in [1.807, 2.05) is 6.92 Å². The van der Waals surface area contributed by atoms with E-state index in [1.165, 1.54) is 0 Å². The van der Waals surface area contributed by atoms with Crippen LogP contribution in [-0.2, 0) is 9.53 Å². The average Bonchev–Trinajstić information content (AvgIpc) is 2.66. The number of hydrogen-bond acceptors (Lipinski definition) is 4. The molecular weight excluding hydrogens is 368 g/mol. The van der Waals surface area contributed by atoms with Gasteiger partial charge in [-0.2, -0.15) is 0 Å². The zero-order chi connectivity index (χ0) is 19.6. The topological polar surface area (TPSA) is 76.7 Å². The number of amides is 2. The van der Waals surface area contributed by atoms with Crippen LogP contribution in [0.4, 0.5) is 5.69 Å². The van der Waals surface area contributed by atoms with E-state index >= 15 is 0 Å². The summed E-state index contributed by atoms with van der Waals surface area (Å²) in [5, 5.41) is 6.15. The monoisotopic (exact) mass is 390 g/mol. The molecule has 0 saturated heterocycles. The van der Waals surface area contributed by atoms with Gasteiger partial charge in [0.15, 0.2) is 6.61 Å². The van der Waals surface area contributed by atoms with Gasteiger partial charge in [-0.25, -0.2) is 0 Å². The molecule has 6 nitrogen and oxygen atoms in total. The Balaban J connectivity index is 1.93. The van der Waals surface area contributed by atoms with Gasteiger partial charge in [-0.3, -0.25) is 9.59 Å². The summed E-state index contributed by atoms with van der Waals surface area (Å²) in [6.45, 7) is 2.75. The Kier molecular flexibility index (Phi) is 8.10. The van der Waals surface area contributed by atoms with E-state index in [-0.39, 0.29) is 18.4 Å². The van der Waals surface area contributed by atoms with Gasteiger partial charge in [0.2, 0.25) is 0 Å². The zero-order valence-corrected chi connectivity index (χ0v) is 16.1. The van der Waals surface area contributed by atoms with Crippen molar-refractivity contribution in [1.29, 1.82) is 0 Å². The average molecular weight is 391 g/mol. The summed E-state index contributed by atoms with van der Waals surface area (Å²) in [6, 6.07) is 12.0. The minimum absolute atomic E-state index is 0.176. The van der Waals surface area contributed by atoms with Crippen molar-refractivity contribution >= 4 is 29.1 Å².